The highest BCUT2D eigenvalue weighted by atomic mass is 32.2. The number of rotatable bonds is 12. The van der Waals surface area contributed by atoms with Crippen LogP contribution in [0.3, 0.4) is 0 Å². The zero-order valence-electron chi connectivity index (χ0n) is 23.4. The van der Waals surface area contributed by atoms with E-state index in [1.165, 1.54) is 30.2 Å². The Labute approximate surface area is 253 Å². The number of methoxy groups -OCH3 is 2. The smallest absolute Gasteiger partial charge is 0.272 e. The zero-order valence-corrected chi connectivity index (χ0v) is 25.0. The summed E-state index contributed by atoms with van der Waals surface area (Å²) in [6, 6.07) is 24.9. The lowest BCUT2D eigenvalue weighted by Gasteiger charge is -2.17. The van der Waals surface area contributed by atoms with Crippen molar-refractivity contribution in [3.05, 3.63) is 106 Å². The van der Waals surface area contributed by atoms with Gasteiger partial charge in [-0.2, -0.15) is 0 Å². The van der Waals surface area contributed by atoms with Gasteiger partial charge in [-0.15, -0.1) is 23.1 Å². The molecule has 0 aliphatic rings. The first-order valence-electron chi connectivity index (χ1n) is 13.1. The van der Waals surface area contributed by atoms with Crippen LogP contribution in [0.15, 0.2) is 101 Å². The van der Waals surface area contributed by atoms with Gasteiger partial charge in [-0.25, -0.2) is 0 Å². The number of thiophene rings is 1. The van der Waals surface area contributed by atoms with Crippen molar-refractivity contribution in [1.29, 1.82) is 0 Å². The molecule has 42 heavy (non-hydrogen) atoms. The maximum atomic E-state index is 13.3. The third-order valence-corrected chi connectivity index (χ3v) is 8.24. The minimum absolute atomic E-state index is 0.114. The average Bonchev–Trinajstić information content (AvgIpc) is 3.53. The van der Waals surface area contributed by atoms with Crippen molar-refractivity contribution >= 4 is 58.3 Å². The molecule has 1 heterocycles. The predicted molar refractivity (Wildman–Crippen MR) is 169 cm³/mol. The number of hydrogen-bond acceptors (Lipinski definition) is 7. The van der Waals surface area contributed by atoms with Gasteiger partial charge >= 0.3 is 0 Å². The summed E-state index contributed by atoms with van der Waals surface area (Å²) in [6.07, 6.45) is 2.22. The SMILES string of the molecule is CCC(Sc1cccc(NC(=O)/C(=C/c2cccs2)NC(=O)c2ccccc2)c1)C(=O)Nc1ccc(OC)cc1OC. The molecule has 216 valence electrons. The normalized spacial score (nSPS) is 11.7. The Hall–Kier alpha value is -4.54. The Morgan fingerprint density at radius 1 is 0.905 bits per heavy atom. The van der Waals surface area contributed by atoms with E-state index in [1.54, 1.807) is 73.8 Å². The van der Waals surface area contributed by atoms with Gasteiger partial charge in [-0.3, -0.25) is 14.4 Å². The fraction of sp³-hybridized carbons (Fsp3) is 0.156. The highest BCUT2D eigenvalue weighted by molar-refractivity contribution is 8.00. The predicted octanol–water partition coefficient (Wildman–Crippen LogP) is 6.68. The van der Waals surface area contributed by atoms with Crippen molar-refractivity contribution in [3.8, 4) is 11.5 Å². The van der Waals surface area contributed by atoms with Gasteiger partial charge in [-0.1, -0.05) is 37.3 Å². The number of ether oxygens (including phenoxy) is 2. The maximum Gasteiger partial charge on any atom is 0.272 e. The molecule has 0 saturated carbocycles. The van der Waals surface area contributed by atoms with Crippen LogP contribution in [0.25, 0.3) is 6.08 Å². The largest absolute Gasteiger partial charge is 0.497 e. The van der Waals surface area contributed by atoms with Crippen molar-refractivity contribution in [1.82, 2.24) is 5.32 Å². The Morgan fingerprint density at radius 2 is 1.71 bits per heavy atom. The minimum Gasteiger partial charge on any atom is -0.497 e. The van der Waals surface area contributed by atoms with Crippen LogP contribution in [0, 0.1) is 0 Å². The van der Waals surface area contributed by atoms with Crippen molar-refractivity contribution in [3.63, 3.8) is 0 Å². The van der Waals surface area contributed by atoms with Gasteiger partial charge in [0.25, 0.3) is 11.8 Å². The Morgan fingerprint density at radius 3 is 2.40 bits per heavy atom. The van der Waals surface area contributed by atoms with Crippen molar-refractivity contribution in [2.45, 2.75) is 23.5 Å². The lowest BCUT2D eigenvalue weighted by Crippen LogP contribution is -2.30. The van der Waals surface area contributed by atoms with E-state index in [0.717, 1.165) is 9.77 Å². The summed E-state index contributed by atoms with van der Waals surface area (Å²) in [5.74, 6) is 0.0933. The number of nitrogens with one attached hydrogen (secondary N) is 3. The first-order chi connectivity index (χ1) is 20.4. The second-order valence-electron chi connectivity index (χ2n) is 8.95. The molecule has 1 unspecified atom stereocenters. The number of anilines is 2. The Balaban J connectivity index is 1.46. The fourth-order valence-electron chi connectivity index (χ4n) is 3.91. The number of hydrogen-bond donors (Lipinski definition) is 3. The van der Waals surface area contributed by atoms with Gasteiger partial charge in [0.15, 0.2) is 0 Å². The molecule has 0 spiro atoms. The third kappa shape index (κ3) is 8.25. The van der Waals surface area contributed by atoms with Crippen LogP contribution >= 0.6 is 23.1 Å². The zero-order chi connectivity index (χ0) is 29.9. The summed E-state index contributed by atoms with van der Waals surface area (Å²) in [5.41, 5.74) is 1.63. The number of amides is 3. The van der Waals surface area contributed by atoms with Crippen LogP contribution in [-0.2, 0) is 9.59 Å². The molecule has 0 bridgehead atoms. The summed E-state index contributed by atoms with van der Waals surface area (Å²) in [5, 5.41) is 10.1. The van der Waals surface area contributed by atoms with Gasteiger partial charge in [0, 0.05) is 27.1 Å². The van der Waals surface area contributed by atoms with Crippen molar-refractivity contribution in [2.24, 2.45) is 0 Å². The van der Waals surface area contributed by atoms with Crippen LogP contribution in [0.4, 0.5) is 11.4 Å². The average molecular weight is 602 g/mol. The highest BCUT2D eigenvalue weighted by Gasteiger charge is 2.21. The van der Waals surface area contributed by atoms with Crippen LogP contribution in [-0.4, -0.2) is 37.2 Å². The van der Waals surface area contributed by atoms with Crippen LogP contribution < -0.4 is 25.4 Å². The quantitative estimate of drug-likeness (QED) is 0.124. The molecule has 1 aromatic heterocycles. The summed E-state index contributed by atoms with van der Waals surface area (Å²) in [7, 11) is 3.10. The summed E-state index contributed by atoms with van der Waals surface area (Å²) >= 11 is 2.84. The monoisotopic (exact) mass is 601 g/mol. The number of thioether (sulfide) groups is 1. The first-order valence-corrected chi connectivity index (χ1v) is 14.9. The molecule has 0 radical (unpaired) electrons. The minimum atomic E-state index is -0.466. The van der Waals surface area contributed by atoms with Crippen molar-refractivity contribution in [2.75, 3.05) is 24.9 Å². The second-order valence-corrected chi connectivity index (χ2v) is 11.2. The molecule has 0 aliphatic heterocycles. The maximum absolute atomic E-state index is 13.3. The summed E-state index contributed by atoms with van der Waals surface area (Å²) < 4.78 is 10.6. The molecule has 8 nitrogen and oxygen atoms in total. The lowest BCUT2D eigenvalue weighted by molar-refractivity contribution is -0.116. The van der Waals surface area contributed by atoms with E-state index in [-0.39, 0.29) is 17.5 Å². The lowest BCUT2D eigenvalue weighted by atomic mass is 10.2. The molecule has 1 atom stereocenters. The molecule has 3 N–H and O–H groups in total. The van der Waals surface area contributed by atoms with E-state index < -0.39 is 11.2 Å². The van der Waals surface area contributed by atoms with E-state index in [0.29, 0.717) is 34.9 Å². The molecule has 10 heteroatoms. The van der Waals surface area contributed by atoms with E-state index in [4.69, 9.17) is 9.47 Å². The van der Waals surface area contributed by atoms with Gasteiger partial charge in [0.2, 0.25) is 5.91 Å². The Bertz CT molecular complexity index is 1560. The molecular formula is C32H31N3O5S2. The third-order valence-electron chi connectivity index (χ3n) is 6.06. The van der Waals surface area contributed by atoms with Crippen LogP contribution in [0.1, 0.15) is 28.6 Å². The fourth-order valence-corrected chi connectivity index (χ4v) is 5.58. The van der Waals surface area contributed by atoms with E-state index >= 15 is 0 Å². The molecule has 0 fully saturated rings. The molecule has 4 aromatic rings. The second kappa shape index (κ2) is 14.9. The van der Waals surface area contributed by atoms with Gasteiger partial charge in [0.1, 0.15) is 17.2 Å². The summed E-state index contributed by atoms with van der Waals surface area (Å²) in [4.78, 5) is 40.9. The van der Waals surface area contributed by atoms with Crippen LogP contribution in [0.2, 0.25) is 0 Å². The van der Waals surface area contributed by atoms with E-state index in [9.17, 15) is 14.4 Å². The summed E-state index contributed by atoms with van der Waals surface area (Å²) in [6.45, 7) is 1.94. The van der Waals surface area contributed by atoms with Gasteiger partial charge in [-0.05, 0) is 66.4 Å². The molecule has 3 amide bonds. The Kier molecular flexibility index (Phi) is 10.8. The molecule has 0 saturated heterocycles. The van der Waals surface area contributed by atoms with E-state index in [2.05, 4.69) is 16.0 Å². The number of carbonyl (C=O) groups excluding carboxylic acids is 3. The molecule has 4 rings (SSSR count). The van der Waals surface area contributed by atoms with Crippen LogP contribution in [0.5, 0.6) is 11.5 Å². The molecule has 3 aromatic carbocycles. The van der Waals surface area contributed by atoms with E-state index in [1.807, 2.05) is 36.6 Å². The highest BCUT2D eigenvalue weighted by Crippen LogP contribution is 2.32. The molecular weight excluding hydrogens is 571 g/mol. The first kappa shape index (κ1) is 30.4. The molecule has 0 aliphatic carbocycles. The topological polar surface area (TPSA) is 106 Å². The van der Waals surface area contributed by atoms with Gasteiger partial charge in [0.05, 0.1) is 25.2 Å². The standard InChI is InChI=1S/C32H31N3O5S2/c1-4-29(32(38)34-26-16-15-23(39-2)19-28(26)40-3)42-25-13-8-12-22(18-25)33-31(37)27(20-24-14-9-17-41-24)35-30(36)21-10-6-5-7-11-21/h5-20,29H,4H2,1-3H3,(H,33,37)(H,34,38)(H,35,36)/b27-20-. The number of benzene rings is 3. The number of carbonyl (C=O) groups is 3. The van der Waals surface area contributed by atoms with Gasteiger partial charge < -0.3 is 25.4 Å². The van der Waals surface area contributed by atoms with Crippen molar-refractivity contribution < 1.29 is 23.9 Å².